The van der Waals surface area contributed by atoms with Gasteiger partial charge in [-0.1, -0.05) is 12.1 Å². The molecule has 1 aromatic carbocycles. The quantitative estimate of drug-likeness (QED) is 0.385. The second-order valence-electron chi connectivity index (χ2n) is 3.01. The van der Waals surface area contributed by atoms with Crippen LogP contribution in [0.3, 0.4) is 0 Å². The van der Waals surface area contributed by atoms with Gasteiger partial charge in [-0.3, -0.25) is 0 Å². The van der Waals surface area contributed by atoms with E-state index in [2.05, 4.69) is 10.7 Å². The fourth-order valence-electron chi connectivity index (χ4n) is 1.13. The number of hydrogen-bond donors (Lipinski definition) is 3. The molecule has 1 rings (SSSR count). The summed E-state index contributed by atoms with van der Waals surface area (Å²) in [5, 5.41) is 3.40. The van der Waals surface area contributed by atoms with Crippen molar-refractivity contribution in [2.75, 3.05) is 24.3 Å². The number of nitrogens with one attached hydrogen (secondary N) is 2. The van der Waals surface area contributed by atoms with Crippen molar-refractivity contribution in [2.24, 2.45) is 5.84 Å². The Bertz CT molecular complexity index is 324. The van der Waals surface area contributed by atoms with Gasteiger partial charge in [-0.25, -0.2) is 5.84 Å². The van der Waals surface area contributed by atoms with Crippen molar-refractivity contribution in [1.29, 1.82) is 0 Å². The third-order valence-corrected chi connectivity index (χ3v) is 1.99. The predicted molar refractivity (Wildman–Crippen MR) is 64.3 cm³/mol. The molecule has 0 aliphatic rings. The lowest BCUT2D eigenvalue weighted by Crippen LogP contribution is -2.34. The first kappa shape index (κ1) is 10.7. The maximum atomic E-state index is 5.18. The average Bonchev–Trinajstić information content (AvgIpc) is 2.18. The molecule has 0 heterocycles. The highest BCUT2D eigenvalue weighted by atomic mass is 32.1. The second kappa shape index (κ2) is 4.78. The Hall–Kier alpha value is -1.33. The lowest BCUT2D eigenvalue weighted by atomic mass is 10.2. The molecule has 0 radical (unpaired) electrons. The molecular formula is C9H14N4S. The van der Waals surface area contributed by atoms with E-state index in [1.807, 2.05) is 43.3 Å². The molecule has 0 amide bonds. The topological polar surface area (TPSA) is 53.3 Å². The van der Waals surface area contributed by atoms with Gasteiger partial charge in [0.05, 0.1) is 11.4 Å². The first-order valence-corrected chi connectivity index (χ1v) is 4.60. The zero-order valence-corrected chi connectivity index (χ0v) is 9.06. The van der Waals surface area contributed by atoms with Crippen LogP contribution < -0.4 is 21.5 Å². The van der Waals surface area contributed by atoms with Crippen LogP contribution in [0, 0.1) is 0 Å². The standard InChI is InChI=1S/C9H14N4S/c1-13(2)8-6-4-3-5-7(8)11-9(14)12-10/h3-6H,10H2,1-2H3,(H2,11,12,14). The summed E-state index contributed by atoms with van der Waals surface area (Å²) >= 11 is 4.92. The summed E-state index contributed by atoms with van der Waals surface area (Å²) in [6.45, 7) is 0. The molecule has 1 aromatic rings. The van der Waals surface area contributed by atoms with Crippen molar-refractivity contribution in [3.63, 3.8) is 0 Å². The molecule has 0 saturated heterocycles. The molecular weight excluding hydrogens is 196 g/mol. The summed E-state index contributed by atoms with van der Waals surface area (Å²) in [7, 11) is 3.94. The van der Waals surface area contributed by atoms with E-state index in [0.29, 0.717) is 5.11 Å². The van der Waals surface area contributed by atoms with Crippen LogP contribution in [0.2, 0.25) is 0 Å². The molecule has 0 atom stereocenters. The summed E-state index contributed by atoms with van der Waals surface area (Å²) in [6.07, 6.45) is 0. The number of hydrazine groups is 1. The highest BCUT2D eigenvalue weighted by molar-refractivity contribution is 7.80. The molecule has 76 valence electrons. The number of para-hydroxylation sites is 2. The van der Waals surface area contributed by atoms with Crippen molar-refractivity contribution in [3.8, 4) is 0 Å². The normalized spacial score (nSPS) is 9.36. The van der Waals surface area contributed by atoms with Crippen LogP contribution in [0.1, 0.15) is 0 Å². The minimum atomic E-state index is 0.402. The molecule has 0 saturated carbocycles. The van der Waals surface area contributed by atoms with E-state index < -0.39 is 0 Å². The van der Waals surface area contributed by atoms with Crippen LogP contribution in [-0.4, -0.2) is 19.2 Å². The Labute approximate surface area is 89.1 Å². The molecule has 4 nitrogen and oxygen atoms in total. The number of hydrogen-bond acceptors (Lipinski definition) is 3. The highest BCUT2D eigenvalue weighted by Crippen LogP contribution is 2.22. The smallest absolute Gasteiger partial charge is 0.185 e. The summed E-state index contributed by atoms with van der Waals surface area (Å²) in [6, 6.07) is 7.86. The highest BCUT2D eigenvalue weighted by Gasteiger charge is 2.03. The van der Waals surface area contributed by atoms with Crippen LogP contribution in [0.25, 0.3) is 0 Å². The predicted octanol–water partition coefficient (Wildman–Crippen LogP) is 0.913. The fraction of sp³-hybridized carbons (Fsp3) is 0.222. The van der Waals surface area contributed by atoms with Gasteiger partial charge in [0.25, 0.3) is 0 Å². The molecule has 5 heteroatoms. The minimum Gasteiger partial charge on any atom is -0.376 e. The van der Waals surface area contributed by atoms with E-state index >= 15 is 0 Å². The van der Waals surface area contributed by atoms with Gasteiger partial charge in [0.15, 0.2) is 5.11 Å². The van der Waals surface area contributed by atoms with E-state index in [9.17, 15) is 0 Å². The van der Waals surface area contributed by atoms with E-state index in [4.69, 9.17) is 18.1 Å². The van der Waals surface area contributed by atoms with Gasteiger partial charge in [0.1, 0.15) is 0 Å². The van der Waals surface area contributed by atoms with Crippen LogP contribution in [-0.2, 0) is 0 Å². The molecule has 4 N–H and O–H groups in total. The molecule has 0 spiro atoms. The zero-order valence-electron chi connectivity index (χ0n) is 8.24. The van der Waals surface area contributed by atoms with Crippen molar-refractivity contribution in [3.05, 3.63) is 24.3 Å². The minimum absolute atomic E-state index is 0.402. The van der Waals surface area contributed by atoms with Gasteiger partial charge in [-0.2, -0.15) is 0 Å². The van der Waals surface area contributed by atoms with Crippen LogP contribution >= 0.6 is 12.2 Å². The monoisotopic (exact) mass is 210 g/mol. The molecule has 0 bridgehead atoms. The largest absolute Gasteiger partial charge is 0.376 e. The van der Waals surface area contributed by atoms with Gasteiger partial charge >= 0.3 is 0 Å². The van der Waals surface area contributed by atoms with Crippen LogP contribution in [0.5, 0.6) is 0 Å². The lowest BCUT2D eigenvalue weighted by Gasteiger charge is -2.18. The number of rotatable bonds is 2. The number of thiocarbonyl (C=S) groups is 1. The first-order chi connectivity index (χ1) is 6.65. The average molecular weight is 210 g/mol. The van der Waals surface area contributed by atoms with Gasteiger partial charge in [0, 0.05) is 14.1 Å². The van der Waals surface area contributed by atoms with Crippen molar-refractivity contribution < 1.29 is 0 Å². The van der Waals surface area contributed by atoms with Crippen LogP contribution in [0.4, 0.5) is 11.4 Å². The number of nitrogens with zero attached hydrogens (tertiary/aromatic N) is 1. The Morgan fingerprint density at radius 2 is 2.00 bits per heavy atom. The number of anilines is 2. The maximum absolute atomic E-state index is 5.18. The zero-order chi connectivity index (χ0) is 10.6. The number of nitrogens with two attached hydrogens (primary N) is 1. The van der Waals surface area contributed by atoms with Crippen LogP contribution in [0.15, 0.2) is 24.3 Å². The van der Waals surface area contributed by atoms with Crippen molar-refractivity contribution >= 4 is 28.7 Å². The van der Waals surface area contributed by atoms with Gasteiger partial charge < -0.3 is 15.6 Å². The molecule has 0 fully saturated rings. The SMILES string of the molecule is CN(C)c1ccccc1NC(=S)NN. The van der Waals surface area contributed by atoms with Crippen molar-refractivity contribution in [1.82, 2.24) is 5.43 Å². The Morgan fingerprint density at radius 3 is 2.57 bits per heavy atom. The van der Waals surface area contributed by atoms with E-state index in [-0.39, 0.29) is 0 Å². The van der Waals surface area contributed by atoms with Crippen molar-refractivity contribution in [2.45, 2.75) is 0 Å². The Kier molecular flexibility index (Phi) is 3.67. The van der Waals surface area contributed by atoms with E-state index in [0.717, 1.165) is 11.4 Å². The first-order valence-electron chi connectivity index (χ1n) is 4.19. The molecule has 14 heavy (non-hydrogen) atoms. The third-order valence-electron chi connectivity index (χ3n) is 1.77. The van der Waals surface area contributed by atoms with Gasteiger partial charge in [-0.15, -0.1) is 0 Å². The summed E-state index contributed by atoms with van der Waals surface area (Å²) in [5.74, 6) is 5.18. The van der Waals surface area contributed by atoms with Gasteiger partial charge in [0.2, 0.25) is 0 Å². The lowest BCUT2D eigenvalue weighted by molar-refractivity contribution is 1.04. The summed E-state index contributed by atoms with van der Waals surface area (Å²) in [5.41, 5.74) is 4.37. The maximum Gasteiger partial charge on any atom is 0.185 e. The summed E-state index contributed by atoms with van der Waals surface area (Å²) < 4.78 is 0. The third kappa shape index (κ3) is 2.58. The molecule has 0 unspecified atom stereocenters. The second-order valence-corrected chi connectivity index (χ2v) is 3.42. The molecule has 0 aromatic heterocycles. The Morgan fingerprint density at radius 1 is 1.36 bits per heavy atom. The van der Waals surface area contributed by atoms with E-state index in [1.54, 1.807) is 0 Å². The van der Waals surface area contributed by atoms with E-state index in [1.165, 1.54) is 0 Å². The van der Waals surface area contributed by atoms with Gasteiger partial charge in [-0.05, 0) is 24.4 Å². The summed E-state index contributed by atoms with van der Waals surface area (Å²) in [4.78, 5) is 2.00. The number of benzene rings is 1. The fourth-order valence-corrected chi connectivity index (χ4v) is 1.24. The molecule has 0 aliphatic carbocycles. The Balaban J connectivity index is 2.90. The molecule has 0 aliphatic heterocycles.